The molecule has 1 unspecified atom stereocenters. The Hall–Kier alpha value is -7.60. The third-order valence-corrected chi connectivity index (χ3v) is 11.7. The van der Waals surface area contributed by atoms with Gasteiger partial charge in [0, 0.05) is 92.7 Å². The number of benzene rings is 3. The van der Waals surface area contributed by atoms with Crippen molar-refractivity contribution in [2.45, 2.75) is 45.3 Å². The Morgan fingerprint density at radius 1 is 0.662 bits per heavy atom. The minimum atomic E-state index is -1.42. The van der Waals surface area contributed by atoms with Crippen LogP contribution in [0.5, 0.6) is 5.75 Å². The van der Waals surface area contributed by atoms with Crippen LogP contribution in [0.3, 0.4) is 0 Å². The van der Waals surface area contributed by atoms with Crippen molar-refractivity contribution in [2.24, 2.45) is 5.73 Å². The van der Waals surface area contributed by atoms with Crippen molar-refractivity contribution in [3.8, 4) is 28.2 Å². The van der Waals surface area contributed by atoms with Crippen molar-refractivity contribution < 1.29 is 34.1 Å². The van der Waals surface area contributed by atoms with Gasteiger partial charge in [0.2, 0.25) is 5.43 Å². The zero-order chi connectivity index (χ0) is 47.9. The maximum absolute atomic E-state index is 14.5. The van der Waals surface area contributed by atoms with Crippen LogP contribution in [0.15, 0.2) is 137 Å². The van der Waals surface area contributed by atoms with E-state index >= 15 is 0 Å². The summed E-state index contributed by atoms with van der Waals surface area (Å²) in [5.41, 5.74) is 8.25. The lowest BCUT2D eigenvalue weighted by Gasteiger charge is -2.26. The van der Waals surface area contributed by atoms with Crippen molar-refractivity contribution in [2.75, 3.05) is 6.54 Å². The number of nitrogens with two attached hydrogens (primary N) is 1. The number of phenols is 1. The number of carboxylic acid groups (broad SMARTS) is 2. The van der Waals surface area contributed by atoms with E-state index in [2.05, 4.69) is 25.3 Å². The van der Waals surface area contributed by atoms with E-state index in [0.29, 0.717) is 22.8 Å². The lowest BCUT2D eigenvalue weighted by Crippen LogP contribution is -2.42. The number of pyridine rings is 4. The maximum Gasteiger partial charge on any atom is 0.336 e. The largest absolute Gasteiger partial charge is 0.506 e. The van der Waals surface area contributed by atoms with Crippen LogP contribution in [0.1, 0.15) is 54.6 Å². The fraction of sp³-hybridized carbons (Fsp3) is 0.160. The summed E-state index contributed by atoms with van der Waals surface area (Å²) in [4.78, 5) is 74.9. The Labute approximate surface area is 398 Å². The summed E-state index contributed by atoms with van der Waals surface area (Å²) in [5, 5.41) is 34.5. The molecule has 1 aliphatic carbocycles. The predicted molar refractivity (Wildman–Crippen MR) is 254 cm³/mol. The molecule has 4 aromatic heterocycles. The highest BCUT2D eigenvalue weighted by Crippen LogP contribution is 2.48. The number of rotatable bonds is 18. The summed E-state index contributed by atoms with van der Waals surface area (Å²) >= 11 is 13.8. The van der Waals surface area contributed by atoms with Gasteiger partial charge in [0.15, 0.2) is 0 Å². The van der Waals surface area contributed by atoms with Crippen molar-refractivity contribution >= 4 is 52.0 Å². The molecule has 6 aromatic rings. The van der Waals surface area contributed by atoms with Crippen LogP contribution in [0, 0.1) is 0 Å². The fourth-order valence-corrected chi connectivity index (χ4v) is 8.36. The van der Waals surface area contributed by atoms with Crippen molar-refractivity contribution in [3.05, 3.63) is 193 Å². The molecule has 0 saturated carbocycles. The van der Waals surface area contributed by atoms with Gasteiger partial charge in [-0.1, -0.05) is 47.5 Å². The molecule has 1 aliphatic heterocycles. The number of aromatic carboxylic acids is 1. The molecule has 0 fully saturated rings. The van der Waals surface area contributed by atoms with Crippen LogP contribution in [0.2, 0.25) is 10.0 Å². The second kappa shape index (κ2) is 20.9. The smallest absolute Gasteiger partial charge is 0.336 e. The van der Waals surface area contributed by atoms with E-state index in [1.807, 2.05) is 58.3 Å². The van der Waals surface area contributed by atoms with Gasteiger partial charge < -0.3 is 30.8 Å². The first-order valence-corrected chi connectivity index (χ1v) is 21.9. The second-order valence-electron chi connectivity index (χ2n) is 15.9. The van der Waals surface area contributed by atoms with E-state index in [-0.39, 0.29) is 111 Å². The third-order valence-electron chi connectivity index (χ3n) is 11.1. The zero-order valence-electron chi connectivity index (χ0n) is 36.1. The molecule has 0 saturated heterocycles. The summed E-state index contributed by atoms with van der Waals surface area (Å²) < 4.78 is 6.92. The number of aromatic nitrogens is 4. The van der Waals surface area contributed by atoms with Gasteiger partial charge in [0.25, 0.3) is 5.91 Å². The highest BCUT2D eigenvalue weighted by atomic mass is 35.5. The first kappa shape index (κ1) is 46.9. The SMILES string of the molecule is NC(CNC(=O)c1ccc(C(=O)O)c(-c2c3cc(Cl)c(=O)c(CN(Cc4ccccn4)Cc4ccccn4)c-3oc3c(CN(Cc4ccccn4)Cc4ccccn4)c(O)c(Cl)cc23)c1)C(=O)O. The topological polar surface area (TPSA) is 238 Å². The molecule has 5 heterocycles. The fourth-order valence-electron chi connectivity index (χ4n) is 7.91. The Kier molecular flexibility index (Phi) is 14.4. The number of fused-ring (bicyclic) bond motifs is 2. The number of aliphatic carboxylic acids is 1. The van der Waals surface area contributed by atoms with E-state index < -0.39 is 35.9 Å². The van der Waals surface area contributed by atoms with Gasteiger partial charge in [-0.05, 0) is 84.4 Å². The molecule has 6 N–H and O–H groups in total. The van der Waals surface area contributed by atoms with Crippen LogP contribution in [0.4, 0.5) is 0 Å². The molecule has 344 valence electrons. The van der Waals surface area contributed by atoms with Gasteiger partial charge in [-0.2, -0.15) is 0 Å². The average Bonchev–Trinajstić information content (AvgIpc) is 3.34. The molecule has 0 radical (unpaired) electrons. The van der Waals surface area contributed by atoms with Crippen molar-refractivity contribution in [3.63, 3.8) is 0 Å². The highest BCUT2D eigenvalue weighted by molar-refractivity contribution is 6.33. The maximum atomic E-state index is 14.5. The van der Waals surface area contributed by atoms with Gasteiger partial charge in [-0.3, -0.25) is 44.1 Å². The normalized spacial score (nSPS) is 11.9. The van der Waals surface area contributed by atoms with Gasteiger partial charge >= 0.3 is 11.9 Å². The monoisotopic (exact) mass is 952 g/mol. The molecule has 68 heavy (non-hydrogen) atoms. The number of carbonyl (C=O) groups excluding carboxylic acids is 1. The second-order valence-corrected chi connectivity index (χ2v) is 16.7. The lowest BCUT2D eigenvalue weighted by molar-refractivity contribution is -0.138. The van der Waals surface area contributed by atoms with Gasteiger partial charge in [-0.15, -0.1) is 0 Å². The van der Waals surface area contributed by atoms with Gasteiger partial charge in [0.1, 0.15) is 23.1 Å². The number of nitrogens with one attached hydrogen (secondary N) is 1. The minimum Gasteiger partial charge on any atom is -0.506 e. The van der Waals surface area contributed by atoms with Crippen LogP contribution in [0.25, 0.3) is 33.4 Å². The number of nitrogens with zero attached hydrogens (tertiary/aromatic N) is 6. The molecule has 2 aromatic carbocycles. The highest BCUT2D eigenvalue weighted by Gasteiger charge is 2.31. The Morgan fingerprint density at radius 2 is 1.18 bits per heavy atom. The molecule has 18 heteroatoms. The Balaban J connectivity index is 1.39. The predicted octanol–water partition coefficient (Wildman–Crippen LogP) is 7.40. The molecular weight excluding hydrogens is 912 g/mol. The standard InChI is InChI=1S/C50H42Cl2N8O8/c51-40-20-36-43(35-19-29(13-14-34(35)49(64)65)48(63)58-22-42(53)50(66)67)37-21-41(52)45(62)39(28-60(25-32-11-3-7-17-56-32)26-33-12-4-8-18-57-33)47(37)68-46(36)38(44(40)61)27-59(23-30-9-1-5-15-54-30)24-31-10-2-6-16-55-31/h1-21,42,61H,22-28,53H2,(H,58,63)(H,64,65)(H,66,67). The number of phenolic OH excluding ortho intramolecular Hbond substituents is 1. The van der Waals surface area contributed by atoms with Gasteiger partial charge in [-0.25, -0.2) is 4.79 Å². The van der Waals surface area contributed by atoms with E-state index in [0.717, 1.165) is 0 Å². The summed E-state index contributed by atoms with van der Waals surface area (Å²) in [6.45, 7) is 0.545. The summed E-state index contributed by atoms with van der Waals surface area (Å²) in [6.07, 6.45) is 6.66. The van der Waals surface area contributed by atoms with Crippen LogP contribution in [-0.2, 0) is 44.1 Å². The first-order valence-electron chi connectivity index (χ1n) is 21.2. The molecule has 0 bridgehead atoms. The van der Waals surface area contributed by atoms with Crippen LogP contribution in [-0.4, -0.2) is 75.5 Å². The Morgan fingerprint density at radius 3 is 1.65 bits per heavy atom. The average molecular weight is 954 g/mol. The van der Waals surface area contributed by atoms with E-state index in [1.165, 1.54) is 30.3 Å². The number of halogens is 2. The Bertz CT molecular complexity index is 3070. The van der Waals surface area contributed by atoms with E-state index in [4.69, 9.17) is 33.4 Å². The molecule has 0 spiro atoms. The summed E-state index contributed by atoms with van der Waals surface area (Å²) in [6, 6.07) is 27.2. The number of hydrogen-bond donors (Lipinski definition) is 5. The minimum absolute atomic E-state index is 0.00971. The summed E-state index contributed by atoms with van der Waals surface area (Å²) in [7, 11) is 0. The lowest BCUT2D eigenvalue weighted by atomic mass is 9.87. The number of amides is 1. The first-order chi connectivity index (χ1) is 32.8. The van der Waals surface area contributed by atoms with Crippen molar-refractivity contribution in [1.29, 1.82) is 0 Å². The van der Waals surface area contributed by atoms with E-state index in [1.54, 1.807) is 49.1 Å². The van der Waals surface area contributed by atoms with Crippen molar-refractivity contribution in [1.82, 2.24) is 35.1 Å². The van der Waals surface area contributed by atoms with Crippen LogP contribution >= 0.6 is 23.2 Å². The summed E-state index contributed by atoms with van der Waals surface area (Å²) in [5.74, 6) is -3.78. The quantitative estimate of drug-likeness (QED) is 0.0527. The molecule has 2 aliphatic rings. The molecule has 1 amide bonds. The third kappa shape index (κ3) is 10.7. The molecular formula is C50H42Cl2N8O8. The molecule has 1 atom stereocenters. The zero-order valence-corrected chi connectivity index (χ0v) is 37.6. The molecule has 16 nitrogen and oxygen atoms in total. The number of carbonyl (C=O) groups is 3. The van der Waals surface area contributed by atoms with Crippen LogP contribution < -0.4 is 16.5 Å². The van der Waals surface area contributed by atoms with E-state index in [9.17, 15) is 34.5 Å². The molecule has 8 rings (SSSR count). The van der Waals surface area contributed by atoms with Gasteiger partial charge in [0.05, 0.1) is 49.5 Å². The number of hydrogen-bond acceptors (Lipinski definition) is 13. The number of aromatic hydroxyl groups is 1. The number of carboxylic acids is 2.